The van der Waals surface area contributed by atoms with E-state index in [1.54, 1.807) is 4.90 Å². The summed E-state index contributed by atoms with van der Waals surface area (Å²) in [6, 6.07) is -0.436. The highest BCUT2D eigenvalue weighted by molar-refractivity contribution is 5.82. The van der Waals surface area contributed by atoms with Crippen LogP contribution in [-0.4, -0.2) is 41.1 Å². The smallest absolute Gasteiger partial charge is 0.240 e. The Kier molecular flexibility index (Phi) is 3.89. The zero-order chi connectivity index (χ0) is 10.7. The molecule has 1 amide bonds. The standard InChI is InChI=1S/C10H20N2O2/c1-7(2)9(11)10(14)12-5-3-4-8(12)6-13/h7-9,13H,3-6,11H2,1-2H3/t8-,9-/m0/s1. The number of aliphatic hydroxyl groups excluding tert-OH is 1. The van der Waals surface area contributed by atoms with Crippen molar-refractivity contribution in [2.75, 3.05) is 13.2 Å². The van der Waals surface area contributed by atoms with Crippen LogP contribution >= 0.6 is 0 Å². The van der Waals surface area contributed by atoms with Gasteiger partial charge in [-0.2, -0.15) is 0 Å². The van der Waals surface area contributed by atoms with Gasteiger partial charge in [0.25, 0.3) is 0 Å². The summed E-state index contributed by atoms with van der Waals surface area (Å²) in [4.78, 5) is 13.6. The van der Waals surface area contributed by atoms with Crippen LogP contribution in [0.25, 0.3) is 0 Å². The van der Waals surface area contributed by atoms with E-state index < -0.39 is 6.04 Å². The van der Waals surface area contributed by atoms with Crippen molar-refractivity contribution in [3.05, 3.63) is 0 Å². The van der Waals surface area contributed by atoms with E-state index >= 15 is 0 Å². The highest BCUT2D eigenvalue weighted by Gasteiger charge is 2.31. The minimum atomic E-state index is -0.429. The molecule has 0 aliphatic carbocycles. The fraction of sp³-hybridized carbons (Fsp3) is 0.900. The van der Waals surface area contributed by atoms with Crippen molar-refractivity contribution in [3.8, 4) is 0 Å². The molecule has 1 aliphatic heterocycles. The van der Waals surface area contributed by atoms with Crippen molar-refractivity contribution in [3.63, 3.8) is 0 Å². The Balaban J connectivity index is 2.59. The van der Waals surface area contributed by atoms with Crippen LogP contribution in [0, 0.1) is 5.92 Å². The van der Waals surface area contributed by atoms with E-state index in [1.165, 1.54) is 0 Å². The van der Waals surface area contributed by atoms with Gasteiger partial charge in [-0.3, -0.25) is 4.79 Å². The number of aliphatic hydroxyl groups is 1. The fourth-order valence-corrected chi connectivity index (χ4v) is 1.79. The zero-order valence-electron chi connectivity index (χ0n) is 8.94. The first-order valence-electron chi connectivity index (χ1n) is 5.24. The first-order chi connectivity index (χ1) is 6.57. The molecule has 0 bridgehead atoms. The number of carbonyl (C=O) groups is 1. The van der Waals surface area contributed by atoms with Crippen molar-refractivity contribution in [1.29, 1.82) is 0 Å². The van der Waals surface area contributed by atoms with Crippen molar-refractivity contribution in [2.45, 2.75) is 38.8 Å². The number of hydrogen-bond donors (Lipinski definition) is 2. The lowest BCUT2D eigenvalue weighted by atomic mass is 10.0. The normalized spacial score (nSPS) is 24.4. The summed E-state index contributed by atoms with van der Waals surface area (Å²) in [6.45, 7) is 4.67. The zero-order valence-corrected chi connectivity index (χ0v) is 8.94. The molecule has 1 aliphatic rings. The molecule has 1 saturated heterocycles. The van der Waals surface area contributed by atoms with Crippen molar-refractivity contribution >= 4 is 5.91 Å². The average molecular weight is 200 g/mol. The molecular weight excluding hydrogens is 180 g/mol. The molecule has 4 heteroatoms. The largest absolute Gasteiger partial charge is 0.394 e. The van der Waals surface area contributed by atoms with Crippen molar-refractivity contribution in [1.82, 2.24) is 4.90 Å². The van der Waals surface area contributed by atoms with Gasteiger partial charge in [0.1, 0.15) is 0 Å². The van der Waals surface area contributed by atoms with Gasteiger partial charge < -0.3 is 15.7 Å². The van der Waals surface area contributed by atoms with E-state index in [1.807, 2.05) is 13.8 Å². The number of amides is 1. The molecule has 0 saturated carbocycles. The third-order valence-electron chi connectivity index (χ3n) is 2.87. The lowest BCUT2D eigenvalue weighted by Crippen LogP contribution is -2.49. The molecule has 0 aromatic rings. The number of nitrogens with zero attached hydrogens (tertiary/aromatic N) is 1. The maximum absolute atomic E-state index is 11.8. The predicted molar refractivity (Wildman–Crippen MR) is 54.6 cm³/mol. The van der Waals surface area contributed by atoms with Crippen LogP contribution in [0.15, 0.2) is 0 Å². The minimum Gasteiger partial charge on any atom is -0.394 e. The molecule has 0 unspecified atom stereocenters. The molecule has 1 fully saturated rings. The van der Waals surface area contributed by atoms with Crippen LogP contribution in [0.4, 0.5) is 0 Å². The van der Waals surface area contributed by atoms with Gasteiger partial charge in [0, 0.05) is 6.54 Å². The third-order valence-corrected chi connectivity index (χ3v) is 2.87. The number of likely N-dealkylation sites (tertiary alicyclic amines) is 1. The van der Waals surface area contributed by atoms with Gasteiger partial charge in [0.05, 0.1) is 18.7 Å². The molecule has 1 rings (SSSR count). The Morgan fingerprint density at radius 2 is 2.29 bits per heavy atom. The monoisotopic (exact) mass is 200 g/mol. The molecule has 0 spiro atoms. The van der Waals surface area contributed by atoms with Gasteiger partial charge >= 0.3 is 0 Å². The second-order valence-corrected chi connectivity index (χ2v) is 4.28. The molecule has 3 N–H and O–H groups in total. The summed E-state index contributed by atoms with van der Waals surface area (Å²) in [5.74, 6) is 0.138. The Bertz CT molecular complexity index is 206. The molecule has 4 nitrogen and oxygen atoms in total. The summed E-state index contributed by atoms with van der Waals surface area (Å²) in [5.41, 5.74) is 5.78. The maximum atomic E-state index is 11.8. The number of carbonyl (C=O) groups excluding carboxylic acids is 1. The SMILES string of the molecule is CC(C)[C@H](N)C(=O)N1CCC[C@H]1CO. The number of hydrogen-bond acceptors (Lipinski definition) is 3. The van der Waals surface area contributed by atoms with Crippen LogP contribution in [-0.2, 0) is 4.79 Å². The van der Waals surface area contributed by atoms with Crippen LogP contribution in [0.1, 0.15) is 26.7 Å². The minimum absolute atomic E-state index is 0.00713. The van der Waals surface area contributed by atoms with Gasteiger partial charge in [-0.15, -0.1) is 0 Å². The highest BCUT2D eigenvalue weighted by Crippen LogP contribution is 2.18. The van der Waals surface area contributed by atoms with Gasteiger partial charge in [-0.1, -0.05) is 13.8 Å². The third kappa shape index (κ3) is 2.25. The Labute approximate surface area is 85.1 Å². The Morgan fingerprint density at radius 3 is 2.79 bits per heavy atom. The average Bonchev–Trinajstić information content (AvgIpc) is 2.62. The van der Waals surface area contributed by atoms with Gasteiger partial charge in [0.15, 0.2) is 0 Å². The van der Waals surface area contributed by atoms with Gasteiger partial charge in [-0.25, -0.2) is 0 Å². The molecule has 1 heterocycles. The Hall–Kier alpha value is -0.610. The van der Waals surface area contributed by atoms with E-state index in [0.717, 1.165) is 19.4 Å². The summed E-state index contributed by atoms with van der Waals surface area (Å²) >= 11 is 0. The van der Waals surface area contributed by atoms with E-state index in [-0.39, 0.29) is 24.5 Å². The van der Waals surface area contributed by atoms with Crippen LogP contribution in [0.3, 0.4) is 0 Å². The van der Waals surface area contributed by atoms with Gasteiger partial charge in [-0.05, 0) is 18.8 Å². The molecule has 14 heavy (non-hydrogen) atoms. The fourth-order valence-electron chi connectivity index (χ4n) is 1.79. The van der Waals surface area contributed by atoms with Crippen LogP contribution in [0.5, 0.6) is 0 Å². The summed E-state index contributed by atoms with van der Waals surface area (Å²) < 4.78 is 0. The second kappa shape index (κ2) is 4.75. The first kappa shape index (κ1) is 11.5. The highest BCUT2D eigenvalue weighted by atomic mass is 16.3. The Morgan fingerprint density at radius 1 is 1.64 bits per heavy atom. The van der Waals surface area contributed by atoms with E-state index in [4.69, 9.17) is 10.8 Å². The maximum Gasteiger partial charge on any atom is 0.240 e. The van der Waals surface area contributed by atoms with Gasteiger partial charge in [0.2, 0.25) is 5.91 Å². The van der Waals surface area contributed by atoms with Crippen LogP contribution in [0.2, 0.25) is 0 Å². The second-order valence-electron chi connectivity index (χ2n) is 4.28. The summed E-state index contributed by atoms with van der Waals surface area (Å²) in [7, 11) is 0. The van der Waals surface area contributed by atoms with E-state index in [0.29, 0.717) is 0 Å². The van der Waals surface area contributed by atoms with Crippen molar-refractivity contribution < 1.29 is 9.90 Å². The van der Waals surface area contributed by atoms with E-state index in [2.05, 4.69) is 0 Å². The predicted octanol–water partition coefficient (Wildman–Crippen LogP) is -0.0470. The quantitative estimate of drug-likeness (QED) is 0.671. The summed E-state index contributed by atoms with van der Waals surface area (Å²) in [6.07, 6.45) is 1.87. The molecule has 0 aromatic carbocycles. The first-order valence-corrected chi connectivity index (χ1v) is 5.24. The topological polar surface area (TPSA) is 66.6 Å². The summed E-state index contributed by atoms with van der Waals surface area (Å²) in [5, 5.41) is 9.07. The van der Waals surface area contributed by atoms with Crippen molar-refractivity contribution in [2.24, 2.45) is 11.7 Å². The molecular formula is C10H20N2O2. The molecule has 0 radical (unpaired) electrons. The molecule has 82 valence electrons. The molecule has 2 atom stereocenters. The lowest BCUT2D eigenvalue weighted by Gasteiger charge is -2.27. The lowest BCUT2D eigenvalue weighted by molar-refractivity contribution is -0.135. The van der Waals surface area contributed by atoms with E-state index in [9.17, 15) is 4.79 Å². The van der Waals surface area contributed by atoms with Crippen LogP contribution < -0.4 is 5.73 Å². The number of rotatable bonds is 3. The molecule has 0 aromatic heterocycles. The number of nitrogens with two attached hydrogens (primary N) is 1.